The van der Waals surface area contributed by atoms with Crippen LogP contribution < -0.4 is 5.32 Å². The summed E-state index contributed by atoms with van der Waals surface area (Å²) in [5.74, 6) is 2.61. The van der Waals surface area contributed by atoms with E-state index in [4.69, 9.17) is 9.73 Å². The lowest BCUT2D eigenvalue weighted by Crippen LogP contribution is -2.48. The Morgan fingerprint density at radius 3 is 2.68 bits per heavy atom. The van der Waals surface area contributed by atoms with Gasteiger partial charge in [0, 0.05) is 33.3 Å². The maximum Gasteiger partial charge on any atom is 0.194 e. The smallest absolute Gasteiger partial charge is 0.194 e. The molecule has 0 radical (unpaired) electrons. The molecule has 1 atom stereocenters. The van der Waals surface area contributed by atoms with Crippen molar-refractivity contribution in [1.82, 2.24) is 25.0 Å². The summed E-state index contributed by atoms with van der Waals surface area (Å²) < 4.78 is 7.65. The Hall–Kier alpha value is -0.940. The number of aryl methyl sites for hydroxylation is 1. The topological polar surface area (TPSA) is 87.8 Å². The Balaban J connectivity index is 0.00000225. The van der Waals surface area contributed by atoms with Crippen LogP contribution in [0.5, 0.6) is 0 Å². The van der Waals surface area contributed by atoms with Crippen LogP contribution in [0.25, 0.3) is 0 Å². The van der Waals surface area contributed by atoms with Gasteiger partial charge in [0.05, 0.1) is 12.2 Å². The Labute approximate surface area is 166 Å². The van der Waals surface area contributed by atoms with Crippen molar-refractivity contribution >= 4 is 29.9 Å². The van der Waals surface area contributed by atoms with Gasteiger partial charge >= 0.3 is 0 Å². The molecule has 0 aliphatic carbocycles. The number of aliphatic hydroxyl groups excluding tert-OH is 1. The summed E-state index contributed by atoms with van der Waals surface area (Å²) in [6.07, 6.45) is 3.87. The minimum absolute atomic E-state index is 0. The van der Waals surface area contributed by atoms with Crippen LogP contribution in [0.15, 0.2) is 4.99 Å². The molecule has 3 rings (SSSR count). The maximum atomic E-state index is 9.73. The summed E-state index contributed by atoms with van der Waals surface area (Å²) in [4.78, 5) is 6.96. The lowest BCUT2D eigenvalue weighted by atomic mass is 10.1. The third kappa shape index (κ3) is 5.52. The number of aromatic nitrogens is 3. The van der Waals surface area contributed by atoms with E-state index in [2.05, 4.69) is 20.4 Å². The predicted octanol–water partition coefficient (Wildman–Crippen LogP) is 0.823. The van der Waals surface area contributed by atoms with E-state index in [9.17, 15) is 5.11 Å². The fourth-order valence-electron chi connectivity index (χ4n) is 3.09. The molecule has 2 aliphatic heterocycles. The quantitative estimate of drug-likeness (QED) is 0.390. The zero-order valence-corrected chi connectivity index (χ0v) is 17.3. The molecule has 0 bridgehead atoms. The molecular formula is C16H29IN6O2. The molecule has 2 aliphatic rings. The van der Waals surface area contributed by atoms with Crippen molar-refractivity contribution < 1.29 is 9.84 Å². The van der Waals surface area contributed by atoms with Gasteiger partial charge < -0.3 is 24.6 Å². The van der Waals surface area contributed by atoms with E-state index in [1.54, 1.807) is 0 Å². The summed E-state index contributed by atoms with van der Waals surface area (Å²) >= 11 is 0. The van der Waals surface area contributed by atoms with Crippen LogP contribution in [0, 0.1) is 6.92 Å². The predicted molar refractivity (Wildman–Crippen MR) is 106 cm³/mol. The van der Waals surface area contributed by atoms with Crippen LogP contribution in [-0.4, -0.2) is 69.2 Å². The van der Waals surface area contributed by atoms with Gasteiger partial charge in [-0.3, -0.25) is 0 Å². The second-order valence-corrected chi connectivity index (χ2v) is 6.60. The second-order valence-electron chi connectivity index (χ2n) is 6.60. The van der Waals surface area contributed by atoms with E-state index in [-0.39, 0.29) is 36.2 Å². The van der Waals surface area contributed by atoms with Gasteiger partial charge in [-0.05, 0) is 32.6 Å². The number of nitrogens with one attached hydrogen (secondary N) is 1. The van der Waals surface area contributed by atoms with Gasteiger partial charge in [0.25, 0.3) is 0 Å². The molecule has 0 amide bonds. The van der Waals surface area contributed by atoms with Crippen molar-refractivity contribution in [3.05, 3.63) is 11.6 Å². The number of guanidine groups is 1. The highest BCUT2D eigenvalue weighted by atomic mass is 127. The normalized spacial score (nSPS) is 22.1. The van der Waals surface area contributed by atoms with Gasteiger partial charge in [0.1, 0.15) is 12.4 Å². The molecule has 25 heavy (non-hydrogen) atoms. The zero-order chi connectivity index (χ0) is 16.9. The molecular weight excluding hydrogens is 435 g/mol. The standard InChI is InChI=1S/C16H28N6O2.HI/c1-12-19-20-15(21(12)2)11-18-16(17-10-14-4-3-9-24-14)22-7-5-13(23)6-8-22;/h13-14,23H,3-11H2,1-2H3,(H,17,18);1H. The summed E-state index contributed by atoms with van der Waals surface area (Å²) in [6, 6.07) is 0. The van der Waals surface area contributed by atoms with Crippen LogP contribution in [0.1, 0.15) is 37.3 Å². The van der Waals surface area contributed by atoms with Gasteiger partial charge in [-0.1, -0.05) is 0 Å². The van der Waals surface area contributed by atoms with Gasteiger partial charge in [-0.2, -0.15) is 0 Å². The second kappa shape index (κ2) is 9.67. The Bertz CT molecular complexity index is 565. The molecule has 1 unspecified atom stereocenters. The average molecular weight is 464 g/mol. The number of hydrogen-bond acceptors (Lipinski definition) is 5. The first-order valence-corrected chi connectivity index (χ1v) is 8.81. The fourth-order valence-corrected chi connectivity index (χ4v) is 3.09. The maximum absolute atomic E-state index is 9.73. The third-order valence-electron chi connectivity index (χ3n) is 4.83. The van der Waals surface area contributed by atoms with Crippen molar-refractivity contribution in [3.63, 3.8) is 0 Å². The Kier molecular flexibility index (Phi) is 7.88. The molecule has 0 saturated carbocycles. The number of halogens is 1. The number of piperidine rings is 1. The van der Waals surface area contributed by atoms with Crippen LogP contribution in [-0.2, 0) is 18.3 Å². The van der Waals surface area contributed by atoms with Crippen LogP contribution in [0.4, 0.5) is 0 Å². The van der Waals surface area contributed by atoms with Crippen LogP contribution in [0.2, 0.25) is 0 Å². The van der Waals surface area contributed by atoms with E-state index >= 15 is 0 Å². The van der Waals surface area contributed by atoms with Crippen molar-refractivity contribution in [1.29, 1.82) is 0 Å². The number of aliphatic imine (C=N–C) groups is 1. The molecule has 1 aromatic heterocycles. The van der Waals surface area contributed by atoms with Crippen molar-refractivity contribution in [3.8, 4) is 0 Å². The first-order valence-electron chi connectivity index (χ1n) is 8.81. The lowest BCUT2D eigenvalue weighted by molar-refractivity contribution is 0.103. The third-order valence-corrected chi connectivity index (χ3v) is 4.83. The highest BCUT2D eigenvalue weighted by Crippen LogP contribution is 2.13. The summed E-state index contributed by atoms with van der Waals surface area (Å²) in [6.45, 7) is 5.68. The van der Waals surface area contributed by atoms with Crippen molar-refractivity contribution in [2.75, 3.05) is 26.2 Å². The van der Waals surface area contributed by atoms with E-state index in [1.165, 1.54) is 0 Å². The number of nitrogens with zero attached hydrogens (tertiary/aromatic N) is 5. The first kappa shape index (κ1) is 20.4. The fraction of sp³-hybridized carbons (Fsp3) is 0.812. The molecule has 8 nitrogen and oxygen atoms in total. The van der Waals surface area contributed by atoms with Crippen LogP contribution >= 0.6 is 24.0 Å². The first-order chi connectivity index (χ1) is 11.6. The molecule has 0 aromatic carbocycles. The lowest BCUT2D eigenvalue weighted by Gasteiger charge is -2.32. The van der Waals surface area contributed by atoms with Crippen LogP contribution in [0.3, 0.4) is 0 Å². The monoisotopic (exact) mass is 464 g/mol. The Morgan fingerprint density at radius 2 is 2.08 bits per heavy atom. The van der Waals surface area contributed by atoms with E-state index in [0.717, 1.165) is 69.5 Å². The van der Waals surface area contributed by atoms with Gasteiger partial charge in [-0.15, -0.1) is 34.2 Å². The molecule has 3 heterocycles. The average Bonchev–Trinajstić information content (AvgIpc) is 3.21. The van der Waals surface area contributed by atoms with E-state index in [1.807, 2.05) is 18.5 Å². The SMILES string of the molecule is Cc1nnc(CN=C(NCC2CCCO2)N2CCC(O)CC2)n1C.I. The van der Waals surface area contributed by atoms with Crippen molar-refractivity contribution in [2.24, 2.45) is 12.0 Å². The Morgan fingerprint density at radius 1 is 1.32 bits per heavy atom. The van der Waals surface area contributed by atoms with Gasteiger partial charge in [0.15, 0.2) is 11.8 Å². The molecule has 2 N–H and O–H groups in total. The molecule has 9 heteroatoms. The summed E-state index contributed by atoms with van der Waals surface area (Å²) in [5, 5.41) is 21.4. The minimum Gasteiger partial charge on any atom is -0.393 e. The number of rotatable bonds is 4. The molecule has 142 valence electrons. The molecule has 1 aromatic rings. The van der Waals surface area contributed by atoms with Crippen molar-refractivity contribution in [2.45, 2.75) is 51.4 Å². The largest absolute Gasteiger partial charge is 0.393 e. The number of ether oxygens (including phenoxy) is 1. The highest BCUT2D eigenvalue weighted by molar-refractivity contribution is 14.0. The number of aliphatic hydroxyl groups is 1. The van der Waals surface area contributed by atoms with Gasteiger partial charge in [0.2, 0.25) is 0 Å². The molecule has 0 spiro atoms. The zero-order valence-electron chi connectivity index (χ0n) is 15.0. The molecule has 2 fully saturated rings. The number of hydrogen-bond donors (Lipinski definition) is 2. The van der Waals surface area contributed by atoms with E-state index < -0.39 is 0 Å². The minimum atomic E-state index is -0.193. The summed E-state index contributed by atoms with van der Waals surface area (Å²) in [7, 11) is 1.96. The summed E-state index contributed by atoms with van der Waals surface area (Å²) in [5.41, 5.74) is 0. The van der Waals surface area contributed by atoms with E-state index in [0.29, 0.717) is 6.54 Å². The highest BCUT2D eigenvalue weighted by Gasteiger charge is 2.22. The molecule has 2 saturated heterocycles. The van der Waals surface area contributed by atoms with Gasteiger partial charge in [-0.25, -0.2) is 4.99 Å². The number of likely N-dealkylation sites (tertiary alicyclic amines) is 1.